The highest BCUT2D eigenvalue weighted by molar-refractivity contribution is 9.10. The largest absolute Gasteiger partial charge is 0.506 e. The lowest BCUT2D eigenvalue weighted by Crippen LogP contribution is -2.24. The molecule has 17 heavy (non-hydrogen) atoms. The fourth-order valence-electron chi connectivity index (χ4n) is 1.28. The van der Waals surface area contributed by atoms with Crippen molar-refractivity contribution in [1.29, 1.82) is 0 Å². The summed E-state index contributed by atoms with van der Waals surface area (Å²) >= 11 is 6.47. The van der Waals surface area contributed by atoms with E-state index in [0.717, 1.165) is 0 Å². The first-order valence-electron chi connectivity index (χ1n) is 5.06. The summed E-state index contributed by atoms with van der Waals surface area (Å²) < 4.78 is 5.74. The van der Waals surface area contributed by atoms with E-state index in [0.29, 0.717) is 15.4 Å². The Kier molecular flexibility index (Phi) is 4.61. The lowest BCUT2D eigenvalue weighted by atomic mass is 10.1. The van der Waals surface area contributed by atoms with E-state index in [-0.39, 0.29) is 11.3 Å². The van der Waals surface area contributed by atoms with Gasteiger partial charge in [-0.1, -0.05) is 22.0 Å². The van der Waals surface area contributed by atoms with Crippen molar-refractivity contribution in [2.45, 2.75) is 31.7 Å². The molecule has 0 bridgehead atoms. The van der Waals surface area contributed by atoms with E-state index in [1.54, 1.807) is 32.9 Å². The highest BCUT2D eigenvalue weighted by Gasteiger charge is 2.24. The number of rotatable bonds is 2. The van der Waals surface area contributed by atoms with Crippen molar-refractivity contribution in [2.24, 2.45) is 0 Å². The number of phenolic OH excluding ortho intramolecular Hbond substituents is 1. The molecular weight excluding hydrogens is 352 g/mol. The minimum Gasteiger partial charge on any atom is -0.506 e. The van der Waals surface area contributed by atoms with E-state index in [9.17, 15) is 9.90 Å². The molecule has 0 aliphatic rings. The number of phenols is 1. The second-order valence-corrected chi connectivity index (χ2v) is 5.98. The zero-order chi connectivity index (χ0) is 13.2. The Morgan fingerprint density at radius 3 is 2.47 bits per heavy atom. The van der Waals surface area contributed by atoms with E-state index in [1.165, 1.54) is 0 Å². The first kappa shape index (κ1) is 14.5. The van der Waals surface area contributed by atoms with Gasteiger partial charge in [-0.25, -0.2) is 4.79 Å². The lowest BCUT2D eigenvalue weighted by Gasteiger charge is -2.21. The van der Waals surface area contributed by atoms with Crippen LogP contribution in [0.2, 0.25) is 0 Å². The molecule has 0 unspecified atom stereocenters. The second-order valence-electron chi connectivity index (χ2n) is 4.57. The molecule has 0 saturated heterocycles. The maximum atomic E-state index is 12.0. The number of carbonyl (C=O) groups excluding carboxylic acids is 1. The number of benzene rings is 1. The molecule has 0 aliphatic carbocycles. The van der Waals surface area contributed by atoms with Crippen molar-refractivity contribution in [3.05, 3.63) is 27.7 Å². The monoisotopic (exact) mass is 364 g/mol. The van der Waals surface area contributed by atoms with Crippen molar-refractivity contribution in [2.75, 3.05) is 0 Å². The zero-order valence-corrected chi connectivity index (χ0v) is 13.1. The maximum Gasteiger partial charge on any atom is 0.342 e. The quantitative estimate of drug-likeness (QED) is 0.636. The number of alkyl halides is 1. The molecule has 3 nitrogen and oxygen atoms in total. The Hall–Kier alpha value is -0.550. The van der Waals surface area contributed by atoms with E-state index < -0.39 is 11.6 Å². The van der Waals surface area contributed by atoms with Gasteiger partial charge in [-0.3, -0.25) is 0 Å². The van der Waals surface area contributed by atoms with Crippen LogP contribution in [-0.2, 0) is 10.1 Å². The molecule has 0 aromatic heterocycles. The van der Waals surface area contributed by atoms with Crippen LogP contribution in [0.1, 0.15) is 36.7 Å². The summed E-state index contributed by atoms with van der Waals surface area (Å²) in [4.78, 5) is 12.0. The van der Waals surface area contributed by atoms with Gasteiger partial charge in [0, 0.05) is 5.33 Å². The van der Waals surface area contributed by atoms with E-state index in [1.807, 2.05) is 0 Å². The van der Waals surface area contributed by atoms with Crippen molar-refractivity contribution < 1.29 is 14.6 Å². The number of carbonyl (C=O) groups is 1. The molecule has 0 heterocycles. The summed E-state index contributed by atoms with van der Waals surface area (Å²) in [5, 5.41) is 10.4. The maximum absolute atomic E-state index is 12.0. The molecule has 0 aliphatic heterocycles. The minimum atomic E-state index is -0.588. The van der Waals surface area contributed by atoms with E-state index >= 15 is 0 Å². The van der Waals surface area contributed by atoms with Crippen molar-refractivity contribution >= 4 is 37.8 Å². The van der Waals surface area contributed by atoms with Gasteiger partial charge in [0.1, 0.15) is 16.9 Å². The number of hydrogen-bond donors (Lipinski definition) is 1. The highest BCUT2D eigenvalue weighted by Crippen LogP contribution is 2.32. The van der Waals surface area contributed by atoms with Crippen LogP contribution in [0.25, 0.3) is 0 Å². The van der Waals surface area contributed by atoms with Gasteiger partial charge in [0.05, 0.1) is 4.47 Å². The van der Waals surface area contributed by atoms with Gasteiger partial charge in [-0.05, 0) is 48.3 Å². The van der Waals surface area contributed by atoms with E-state index in [2.05, 4.69) is 31.9 Å². The fourth-order valence-corrected chi connectivity index (χ4v) is 2.07. The number of aromatic hydroxyl groups is 1. The molecule has 1 rings (SSSR count). The third kappa shape index (κ3) is 3.71. The van der Waals surface area contributed by atoms with Crippen LogP contribution in [0.4, 0.5) is 0 Å². The molecule has 0 spiro atoms. The van der Waals surface area contributed by atoms with Crippen molar-refractivity contribution in [1.82, 2.24) is 0 Å². The molecule has 0 saturated carbocycles. The van der Waals surface area contributed by atoms with Crippen LogP contribution in [0.15, 0.2) is 16.6 Å². The van der Waals surface area contributed by atoms with Gasteiger partial charge in [0.15, 0.2) is 0 Å². The molecule has 1 aromatic carbocycles. The van der Waals surface area contributed by atoms with Crippen LogP contribution in [-0.4, -0.2) is 16.7 Å². The Labute approximate surface area is 117 Å². The van der Waals surface area contributed by atoms with Gasteiger partial charge in [-0.2, -0.15) is 0 Å². The van der Waals surface area contributed by atoms with Crippen LogP contribution < -0.4 is 0 Å². The average molecular weight is 366 g/mol. The molecule has 94 valence electrons. The standard InChI is InChI=1S/C12H14Br2O3/c1-12(2,3)17-11(16)9-7(6-13)4-5-8(14)10(9)15/h4-5,15H,6H2,1-3H3. The average Bonchev–Trinajstić information content (AvgIpc) is 2.19. The van der Waals surface area contributed by atoms with Crippen LogP contribution in [0.5, 0.6) is 5.75 Å². The number of ether oxygens (including phenoxy) is 1. The lowest BCUT2D eigenvalue weighted by molar-refractivity contribution is 0.00658. The summed E-state index contributed by atoms with van der Waals surface area (Å²) in [6.07, 6.45) is 0. The van der Waals surface area contributed by atoms with E-state index in [4.69, 9.17) is 4.74 Å². The van der Waals surface area contributed by atoms with Gasteiger partial charge in [-0.15, -0.1) is 0 Å². The highest BCUT2D eigenvalue weighted by atomic mass is 79.9. The predicted molar refractivity (Wildman–Crippen MR) is 73.6 cm³/mol. The third-order valence-corrected chi connectivity index (χ3v) is 3.21. The molecule has 0 amide bonds. The Morgan fingerprint density at radius 2 is 2.00 bits per heavy atom. The summed E-state index contributed by atoms with van der Waals surface area (Å²) in [5.41, 5.74) is 0.307. The summed E-state index contributed by atoms with van der Waals surface area (Å²) in [6.45, 7) is 5.36. The van der Waals surface area contributed by atoms with Crippen LogP contribution in [0, 0.1) is 0 Å². The number of halogens is 2. The normalized spacial score (nSPS) is 11.4. The SMILES string of the molecule is CC(C)(C)OC(=O)c1c(CBr)ccc(Br)c1O. The Balaban J connectivity index is 3.20. The first-order valence-corrected chi connectivity index (χ1v) is 6.97. The molecule has 1 aromatic rings. The number of hydrogen-bond acceptors (Lipinski definition) is 3. The fraction of sp³-hybridized carbons (Fsp3) is 0.417. The molecule has 1 N–H and O–H groups in total. The molecule has 5 heteroatoms. The third-order valence-electron chi connectivity index (χ3n) is 1.96. The van der Waals surface area contributed by atoms with Gasteiger partial charge >= 0.3 is 5.97 Å². The van der Waals surface area contributed by atoms with Gasteiger partial charge < -0.3 is 9.84 Å². The van der Waals surface area contributed by atoms with Crippen molar-refractivity contribution in [3.8, 4) is 5.75 Å². The minimum absolute atomic E-state index is 0.0869. The predicted octanol–water partition coefficient (Wildman–Crippen LogP) is 4.00. The molecular formula is C12H14Br2O3. The Morgan fingerprint density at radius 1 is 1.41 bits per heavy atom. The summed E-state index contributed by atoms with van der Waals surface area (Å²) in [5.74, 6) is -0.609. The molecule has 0 radical (unpaired) electrons. The molecule has 0 atom stereocenters. The first-order chi connectivity index (χ1) is 7.76. The number of esters is 1. The molecule has 0 fully saturated rings. The Bertz CT molecular complexity index is 436. The topological polar surface area (TPSA) is 46.5 Å². The summed E-state index contributed by atoms with van der Waals surface area (Å²) in [7, 11) is 0. The summed E-state index contributed by atoms with van der Waals surface area (Å²) in [6, 6.07) is 3.46. The zero-order valence-electron chi connectivity index (χ0n) is 9.88. The van der Waals surface area contributed by atoms with Gasteiger partial charge in [0.2, 0.25) is 0 Å². The van der Waals surface area contributed by atoms with Crippen LogP contribution in [0.3, 0.4) is 0 Å². The van der Waals surface area contributed by atoms with Gasteiger partial charge in [0.25, 0.3) is 0 Å². The smallest absolute Gasteiger partial charge is 0.342 e. The second kappa shape index (κ2) is 5.40. The van der Waals surface area contributed by atoms with Crippen molar-refractivity contribution in [3.63, 3.8) is 0 Å². The van der Waals surface area contributed by atoms with Crippen LogP contribution >= 0.6 is 31.9 Å².